The molecule has 1 aromatic carbocycles. The molecule has 0 spiro atoms. The summed E-state index contributed by atoms with van der Waals surface area (Å²) in [5.74, 6) is -0.0228. The fourth-order valence-electron chi connectivity index (χ4n) is 3.06. The molecule has 2 heterocycles. The lowest BCUT2D eigenvalue weighted by Gasteiger charge is -2.22. The van der Waals surface area contributed by atoms with Crippen molar-refractivity contribution in [3.63, 3.8) is 0 Å². The number of aliphatic hydroxyl groups excluding tert-OH is 1. The first kappa shape index (κ1) is 17.1. The normalized spacial score (nSPS) is 18.6. The van der Waals surface area contributed by atoms with Gasteiger partial charge in [0.2, 0.25) is 5.91 Å². The van der Waals surface area contributed by atoms with Crippen molar-refractivity contribution >= 4 is 5.91 Å². The average Bonchev–Trinajstić information content (AvgIpc) is 3.04. The van der Waals surface area contributed by atoms with Gasteiger partial charge in [-0.05, 0) is 17.7 Å². The van der Waals surface area contributed by atoms with Gasteiger partial charge in [0.05, 0.1) is 24.1 Å². The van der Waals surface area contributed by atoms with E-state index in [1.54, 1.807) is 34.3 Å². The molecule has 1 fully saturated rings. The van der Waals surface area contributed by atoms with Gasteiger partial charge in [-0.25, -0.2) is 4.98 Å². The van der Waals surface area contributed by atoms with Gasteiger partial charge in [0.25, 0.3) is 0 Å². The zero-order chi connectivity index (χ0) is 17.6. The SMILES string of the molecule is N#Cc1cccc(CN2CCN(C(=O)Cn3ccnc3)C[C@@H](O)C2)c1. The van der Waals surface area contributed by atoms with Crippen LogP contribution in [-0.4, -0.2) is 62.6 Å². The highest BCUT2D eigenvalue weighted by Crippen LogP contribution is 2.11. The minimum absolute atomic E-state index is 0.0228. The number of hydrogen-bond acceptors (Lipinski definition) is 5. The van der Waals surface area contributed by atoms with E-state index < -0.39 is 6.10 Å². The fraction of sp³-hybridized carbons (Fsp3) is 0.389. The van der Waals surface area contributed by atoms with E-state index in [1.807, 2.05) is 18.2 Å². The van der Waals surface area contributed by atoms with Gasteiger partial charge in [-0.1, -0.05) is 12.1 Å². The minimum Gasteiger partial charge on any atom is -0.390 e. The lowest BCUT2D eigenvalue weighted by molar-refractivity contribution is -0.132. The maximum atomic E-state index is 12.4. The predicted molar refractivity (Wildman–Crippen MR) is 91.2 cm³/mol. The predicted octanol–water partition coefficient (Wildman–Crippen LogP) is 0.460. The zero-order valence-electron chi connectivity index (χ0n) is 14.0. The van der Waals surface area contributed by atoms with E-state index in [0.717, 1.165) is 5.56 Å². The highest BCUT2D eigenvalue weighted by Gasteiger charge is 2.24. The topological polar surface area (TPSA) is 85.4 Å². The lowest BCUT2D eigenvalue weighted by atomic mass is 10.1. The quantitative estimate of drug-likeness (QED) is 0.875. The first-order valence-electron chi connectivity index (χ1n) is 8.27. The number of nitrogens with zero attached hydrogens (tertiary/aromatic N) is 5. The van der Waals surface area contributed by atoms with Gasteiger partial charge >= 0.3 is 0 Å². The van der Waals surface area contributed by atoms with E-state index in [9.17, 15) is 9.90 Å². The second kappa shape index (κ2) is 7.92. The van der Waals surface area contributed by atoms with Gasteiger partial charge in [-0.3, -0.25) is 9.69 Å². The van der Waals surface area contributed by atoms with E-state index in [4.69, 9.17) is 5.26 Å². The van der Waals surface area contributed by atoms with Crippen LogP contribution < -0.4 is 0 Å². The minimum atomic E-state index is -0.589. The largest absolute Gasteiger partial charge is 0.390 e. The molecular weight excluding hydrogens is 318 g/mol. The molecule has 1 aliphatic rings. The summed E-state index contributed by atoms with van der Waals surface area (Å²) in [6.07, 6.45) is 4.41. The molecule has 25 heavy (non-hydrogen) atoms. The summed E-state index contributed by atoms with van der Waals surface area (Å²) in [7, 11) is 0. The molecule has 1 atom stereocenters. The Morgan fingerprint density at radius 1 is 1.36 bits per heavy atom. The van der Waals surface area contributed by atoms with Gasteiger partial charge < -0.3 is 14.6 Å². The summed E-state index contributed by atoms with van der Waals surface area (Å²) in [5.41, 5.74) is 1.66. The number of rotatable bonds is 4. The molecule has 0 bridgehead atoms. The van der Waals surface area contributed by atoms with Crippen LogP contribution in [0.3, 0.4) is 0 Å². The maximum Gasteiger partial charge on any atom is 0.242 e. The van der Waals surface area contributed by atoms with Crippen LogP contribution in [0.4, 0.5) is 0 Å². The number of β-amino-alcohol motifs (C(OH)–C–C–N with tert-alkyl or cyclic N) is 1. The highest BCUT2D eigenvalue weighted by atomic mass is 16.3. The summed E-state index contributed by atoms with van der Waals surface area (Å²) in [5, 5.41) is 19.3. The number of aliphatic hydroxyl groups is 1. The second-order valence-electron chi connectivity index (χ2n) is 6.28. The van der Waals surface area contributed by atoms with Crippen molar-refractivity contribution in [3.05, 3.63) is 54.1 Å². The Kier molecular flexibility index (Phi) is 5.43. The molecule has 1 amide bonds. The van der Waals surface area contributed by atoms with Crippen LogP contribution in [0.25, 0.3) is 0 Å². The summed E-state index contributed by atoms with van der Waals surface area (Å²) >= 11 is 0. The molecule has 0 aliphatic carbocycles. The molecule has 1 aromatic heterocycles. The van der Waals surface area contributed by atoms with Crippen LogP contribution >= 0.6 is 0 Å². The van der Waals surface area contributed by atoms with E-state index in [2.05, 4.69) is 16.0 Å². The monoisotopic (exact) mass is 339 g/mol. The number of benzene rings is 1. The third kappa shape index (κ3) is 4.66. The molecular formula is C18H21N5O2. The van der Waals surface area contributed by atoms with Crippen LogP contribution in [-0.2, 0) is 17.9 Å². The molecule has 0 radical (unpaired) electrons. The van der Waals surface area contributed by atoms with Crippen LogP contribution in [0, 0.1) is 11.3 Å². The highest BCUT2D eigenvalue weighted by molar-refractivity contribution is 5.76. The summed E-state index contributed by atoms with van der Waals surface area (Å²) < 4.78 is 1.73. The van der Waals surface area contributed by atoms with Gasteiger partial charge in [0.1, 0.15) is 6.54 Å². The maximum absolute atomic E-state index is 12.4. The molecule has 130 valence electrons. The van der Waals surface area contributed by atoms with Crippen LogP contribution in [0.2, 0.25) is 0 Å². The molecule has 7 heteroatoms. The average molecular weight is 339 g/mol. The van der Waals surface area contributed by atoms with Crippen molar-refractivity contribution < 1.29 is 9.90 Å². The second-order valence-corrected chi connectivity index (χ2v) is 6.28. The van der Waals surface area contributed by atoms with E-state index in [1.165, 1.54) is 0 Å². The first-order valence-corrected chi connectivity index (χ1v) is 8.27. The Morgan fingerprint density at radius 2 is 2.24 bits per heavy atom. The molecule has 1 N–H and O–H groups in total. The summed E-state index contributed by atoms with van der Waals surface area (Å²) in [6, 6.07) is 9.61. The van der Waals surface area contributed by atoms with E-state index in [0.29, 0.717) is 38.3 Å². The van der Waals surface area contributed by atoms with E-state index in [-0.39, 0.29) is 12.5 Å². The van der Waals surface area contributed by atoms with Crippen LogP contribution in [0.15, 0.2) is 43.0 Å². The standard InChI is InChI=1S/C18H21N5O2/c19-9-15-2-1-3-16(8-15)10-21-6-7-23(12-17(24)11-21)18(25)13-22-5-4-20-14-22/h1-5,8,14,17,24H,6-7,10-13H2/t17-/m0/s1. The Bertz CT molecular complexity index is 753. The zero-order valence-corrected chi connectivity index (χ0v) is 14.0. The molecule has 0 unspecified atom stereocenters. The van der Waals surface area contributed by atoms with Gasteiger partial charge in [-0.2, -0.15) is 5.26 Å². The van der Waals surface area contributed by atoms with E-state index >= 15 is 0 Å². The number of carbonyl (C=O) groups excluding carboxylic acids is 1. The third-order valence-corrected chi connectivity index (χ3v) is 4.28. The number of carbonyl (C=O) groups is 1. The lowest BCUT2D eigenvalue weighted by Crippen LogP contribution is -2.39. The molecule has 2 aromatic rings. The first-order chi connectivity index (χ1) is 12.1. The summed E-state index contributed by atoms with van der Waals surface area (Å²) in [6.45, 7) is 2.98. The number of amides is 1. The van der Waals surface area contributed by atoms with Crippen LogP contribution in [0.1, 0.15) is 11.1 Å². The Labute approximate surface area is 146 Å². The molecule has 1 saturated heterocycles. The van der Waals surface area contributed by atoms with Crippen molar-refractivity contribution in [1.29, 1.82) is 5.26 Å². The van der Waals surface area contributed by atoms with Crippen molar-refractivity contribution in [3.8, 4) is 6.07 Å². The van der Waals surface area contributed by atoms with Gasteiger partial charge in [0.15, 0.2) is 0 Å². The van der Waals surface area contributed by atoms with Gasteiger partial charge in [-0.15, -0.1) is 0 Å². The number of nitriles is 1. The fourth-order valence-corrected chi connectivity index (χ4v) is 3.06. The van der Waals surface area contributed by atoms with Gasteiger partial charge in [0, 0.05) is 45.1 Å². The molecule has 7 nitrogen and oxygen atoms in total. The number of aromatic nitrogens is 2. The van der Waals surface area contributed by atoms with Crippen LogP contribution in [0.5, 0.6) is 0 Å². The Morgan fingerprint density at radius 3 is 3.00 bits per heavy atom. The number of hydrogen-bond donors (Lipinski definition) is 1. The number of imidazole rings is 1. The van der Waals surface area contributed by atoms with Crippen molar-refractivity contribution in [1.82, 2.24) is 19.4 Å². The molecule has 3 rings (SSSR count). The van der Waals surface area contributed by atoms with Crippen molar-refractivity contribution in [2.45, 2.75) is 19.2 Å². The Balaban J connectivity index is 1.60. The van der Waals surface area contributed by atoms with Crippen molar-refractivity contribution in [2.24, 2.45) is 0 Å². The Hall–Kier alpha value is -2.69. The molecule has 0 saturated carbocycles. The smallest absolute Gasteiger partial charge is 0.242 e. The third-order valence-electron chi connectivity index (χ3n) is 4.28. The summed E-state index contributed by atoms with van der Waals surface area (Å²) in [4.78, 5) is 20.2. The molecule has 1 aliphatic heterocycles. The van der Waals surface area contributed by atoms with Crippen molar-refractivity contribution in [2.75, 3.05) is 26.2 Å².